The van der Waals surface area contributed by atoms with Crippen molar-refractivity contribution in [1.29, 1.82) is 0 Å². The second-order valence-electron chi connectivity index (χ2n) is 7.21. The van der Waals surface area contributed by atoms with Crippen LogP contribution in [0, 0.1) is 17.0 Å². The van der Waals surface area contributed by atoms with E-state index < -0.39 is 14.9 Å². The van der Waals surface area contributed by atoms with E-state index in [1.54, 1.807) is 24.0 Å². The molecule has 0 unspecified atom stereocenters. The summed E-state index contributed by atoms with van der Waals surface area (Å²) in [5.74, 6) is 0.0398. The minimum Gasteiger partial charge on any atom is -0.484 e. The molecule has 0 atom stereocenters. The van der Waals surface area contributed by atoms with Crippen LogP contribution in [0.1, 0.15) is 17.0 Å². The Bertz CT molecular complexity index is 1310. The maximum absolute atomic E-state index is 12.8. The Morgan fingerprint density at radius 3 is 2.67 bits per heavy atom. The molecule has 1 N–H and O–H groups in total. The van der Waals surface area contributed by atoms with Gasteiger partial charge in [-0.25, -0.2) is 8.42 Å². The predicted molar refractivity (Wildman–Crippen MR) is 121 cm³/mol. The van der Waals surface area contributed by atoms with Crippen molar-refractivity contribution >= 4 is 43.8 Å². The van der Waals surface area contributed by atoms with E-state index in [4.69, 9.17) is 4.74 Å². The molecule has 0 aliphatic carbocycles. The topological polar surface area (TPSA) is 145 Å². The van der Waals surface area contributed by atoms with Gasteiger partial charge in [-0.2, -0.15) is 0 Å². The number of non-ortho nitro benzene ring substituents is 1. The van der Waals surface area contributed by atoms with Crippen molar-refractivity contribution in [2.24, 2.45) is 0 Å². The number of nitro groups is 1. The van der Waals surface area contributed by atoms with Crippen molar-refractivity contribution in [2.45, 2.75) is 24.7 Å². The summed E-state index contributed by atoms with van der Waals surface area (Å²) in [5.41, 5.74) is 1.30. The number of fused-ring (bicyclic) bond motifs is 1. The fourth-order valence-electron chi connectivity index (χ4n) is 3.40. The van der Waals surface area contributed by atoms with Gasteiger partial charge in [0.15, 0.2) is 6.61 Å². The molecule has 0 saturated heterocycles. The van der Waals surface area contributed by atoms with E-state index in [0.29, 0.717) is 35.8 Å². The van der Waals surface area contributed by atoms with Crippen LogP contribution in [0.5, 0.6) is 5.75 Å². The second-order valence-corrected chi connectivity index (χ2v) is 10.1. The zero-order valence-corrected chi connectivity index (χ0v) is 19.1. The average Bonchev–Trinajstić information content (AvgIpc) is 3.20. The van der Waals surface area contributed by atoms with E-state index in [9.17, 15) is 23.3 Å². The fraction of sp³-hybridized carbons (Fsp3) is 0.250. The number of ether oxygens (including phenoxy) is 1. The molecule has 1 aliphatic heterocycles. The van der Waals surface area contributed by atoms with Gasteiger partial charge in [-0.05, 0) is 55.7 Å². The average molecular weight is 490 g/mol. The van der Waals surface area contributed by atoms with E-state index in [1.165, 1.54) is 30.3 Å². The molecule has 0 bridgehead atoms. The largest absolute Gasteiger partial charge is 0.484 e. The highest BCUT2D eigenvalue weighted by molar-refractivity contribution is 7.93. The monoisotopic (exact) mass is 489 g/mol. The third-order valence-electron chi connectivity index (χ3n) is 4.94. The summed E-state index contributed by atoms with van der Waals surface area (Å²) in [4.78, 5) is 24.6. The first-order valence-electron chi connectivity index (χ1n) is 9.86. The first kappa shape index (κ1) is 22.6. The van der Waals surface area contributed by atoms with Crippen LogP contribution in [0.3, 0.4) is 0 Å². The lowest BCUT2D eigenvalue weighted by atomic mass is 10.0. The summed E-state index contributed by atoms with van der Waals surface area (Å²) < 4.78 is 33.4. The molecule has 0 fully saturated rings. The van der Waals surface area contributed by atoms with Gasteiger partial charge in [0.05, 0.1) is 9.82 Å². The van der Waals surface area contributed by atoms with E-state index in [-0.39, 0.29) is 28.2 Å². The van der Waals surface area contributed by atoms with Crippen LogP contribution >= 0.6 is 11.3 Å². The Labute approximate surface area is 193 Å². The number of sulfonamides is 1. The number of nitro benzene ring substituents is 1. The van der Waals surface area contributed by atoms with Crippen LogP contribution in [0.15, 0.2) is 47.4 Å². The van der Waals surface area contributed by atoms with Gasteiger partial charge in [-0.3, -0.25) is 19.6 Å². The molecule has 0 saturated carbocycles. The summed E-state index contributed by atoms with van der Waals surface area (Å²) in [5, 5.41) is 19.2. The van der Waals surface area contributed by atoms with Crippen LogP contribution in [-0.2, 0) is 21.2 Å². The molecule has 0 spiro atoms. The minimum absolute atomic E-state index is 0.0693. The van der Waals surface area contributed by atoms with Crippen LogP contribution in [0.2, 0.25) is 0 Å². The van der Waals surface area contributed by atoms with Crippen LogP contribution < -0.4 is 14.4 Å². The van der Waals surface area contributed by atoms with Gasteiger partial charge in [0.25, 0.3) is 21.6 Å². The van der Waals surface area contributed by atoms with Crippen molar-refractivity contribution in [2.75, 3.05) is 22.8 Å². The number of nitrogens with zero attached hydrogens (tertiary/aromatic N) is 4. The highest BCUT2D eigenvalue weighted by atomic mass is 32.2. The van der Waals surface area contributed by atoms with Crippen molar-refractivity contribution in [3.05, 3.63) is 63.1 Å². The van der Waals surface area contributed by atoms with Gasteiger partial charge in [-0.1, -0.05) is 11.3 Å². The van der Waals surface area contributed by atoms with E-state index in [1.807, 2.05) is 0 Å². The summed E-state index contributed by atoms with van der Waals surface area (Å²) >= 11 is 1.14. The predicted octanol–water partition coefficient (Wildman–Crippen LogP) is 2.91. The summed E-state index contributed by atoms with van der Waals surface area (Å²) in [6.45, 7) is 1.95. The lowest BCUT2D eigenvalue weighted by molar-refractivity contribution is -0.384. The highest BCUT2D eigenvalue weighted by Gasteiger charge is 2.25. The van der Waals surface area contributed by atoms with Crippen LogP contribution in [0.25, 0.3) is 0 Å². The Morgan fingerprint density at radius 2 is 2.00 bits per heavy atom. The van der Waals surface area contributed by atoms with Crippen molar-refractivity contribution < 1.29 is 22.9 Å². The van der Waals surface area contributed by atoms with Crippen molar-refractivity contribution in [3.63, 3.8) is 0 Å². The Kier molecular flexibility index (Phi) is 6.24. The molecule has 2 heterocycles. The molecule has 1 aliphatic rings. The minimum atomic E-state index is -3.85. The quantitative estimate of drug-likeness (QED) is 0.394. The lowest BCUT2D eigenvalue weighted by Crippen LogP contribution is -2.38. The maximum atomic E-state index is 12.8. The van der Waals surface area contributed by atoms with Gasteiger partial charge in [0, 0.05) is 24.4 Å². The van der Waals surface area contributed by atoms with Crippen molar-refractivity contribution in [1.82, 2.24) is 10.2 Å². The fourth-order valence-corrected chi connectivity index (χ4v) is 5.27. The van der Waals surface area contributed by atoms with E-state index in [2.05, 4.69) is 14.9 Å². The van der Waals surface area contributed by atoms with E-state index >= 15 is 0 Å². The third kappa shape index (κ3) is 5.09. The summed E-state index contributed by atoms with van der Waals surface area (Å²) in [7, 11) is -3.85. The van der Waals surface area contributed by atoms with Gasteiger partial charge < -0.3 is 9.64 Å². The first-order valence-corrected chi connectivity index (χ1v) is 12.2. The Morgan fingerprint density at radius 1 is 1.24 bits per heavy atom. The second kappa shape index (κ2) is 9.11. The van der Waals surface area contributed by atoms with Gasteiger partial charge in [0.2, 0.25) is 5.13 Å². The number of hydrogen-bond donors (Lipinski definition) is 1. The zero-order valence-electron chi connectivity index (χ0n) is 17.4. The highest BCUT2D eigenvalue weighted by Crippen LogP contribution is 2.30. The number of hydrogen-bond acceptors (Lipinski definition) is 9. The summed E-state index contributed by atoms with van der Waals surface area (Å²) in [6, 6.07) is 10.1. The smallest absolute Gasteiger partial charge is 0.269 e. The molecule has 13 heteroatoms. The Hall–Kier alpha value is -3.58. The van der Waals surface area contributed by atoms with Gasteiger partial charge in [-0.15, -0.1) is 10.2 Å². The van der Waals surface area contributed by atoms with Crippen molar-refractivity contribution in [3.8, 4) is 5.75 Å². The molecule has 0 radical (unpaired) electrons. The first-order chi connectivity index (χ1) is 15.7. The van der Waals surface area contributed by atoms with Crippen LogP contribution in [-0.4, -0.2) is 42.6 Å². The number of benzene rings is 2. The van der Waals surface area contributed by atoms with Gasteiger partial charge in [0.1, 0.15) is 10.8 Å². The molecule has 3 aromatic rings. The number of carbonyl (C=O) groups is 1. The number of aromatic nitrogens is 2. The molecular weight excluding hydrogens is 470 g/mol. The Balaban J connectivity index is 1.47. The molecule has 2 aromatic carbocycles. The molecule has 11 nitrogen and oxygen atoms in total. The zero-order chi connectivity index (χ0) is 23.6. The van der Waals surface area contributed by atoms with E-state index in [0.717, 1.165) is 16.9 Å². The normalized spacial score (nSPS) is 13.3. The number of nitrogens with one attached hydrogen (secondary N) is 1. The molecular formula is C20H19N5O6S2. The maximum Gasteiger partial charge on any atom is 0.269 e. The molecule has 1 aromatic heterocycles. The number of carbonyl (C=O) groups excluding carboxylic acids is 1. The number of anilines is 2. The number of rotatable bonds is 7. The molecule has 4 rings (SSSR count). The number of amides is 1. The molecule has 33 heavy (non-hydrogen) atoms. The SMILES string of the molecule is Cc1nnc(NS(=O)(=O)c2ccc3c(c2)CCCN3C(=O)COc2ccc([N+](=O)[O-])cc2)s1. The third-order valence-corrected chi connectivity index (χ3v) is 7.16. The van der Waals surface area contributed by atoms with Crippen LogP contribution in [0.4, 0.5) is 16.5 Å². The molecule has 1 amide bonds. The summed E-state index contributed by atoms with van der Waals surface area (Å²) in [6.07, 6.45) is 1.30. The standard InChI is InChI=1S/C20H19N5O6S2/c1-13-21-22-20(32-13)23-33(29,30)17-8-9-18-14(11-17)3-2-10-24(18)19(26)12-31-16-6-4-15(5-7-16)25(27)28/h4-9,11H,2-3,10,12H2,1H3,(H,22,23). The van der Waals surface area contributed by atoms with Gasteiger partial charge >= 0.3 is 0 Å². The number of aryl methyl sites for hydroxylation is 2. The lowest BCUT2D eigenvalue weighted by Gasteiger charge is -2.29. The molecule has 172 valence electrons.